The van der Waals surface area contributed by atoms with E-state index in [1.807, 2.05) is 4.57 Å². The molecule has 6 nitrogen and oxygen atoms in total. The number of hydrogen-bond acceptors (Lipinski definition) is 5. The predicted molar refractivity (Wildman–Crippen MR) is 140 cm³/mol. The van der Waals surface area contributed by atoms with Crippen LogP contribution in [0.4, 0.5) is 5.82 Å². The summed E-state index contributed by atoms with van der Waals surface area (Å²) in [6, 6.07) is 21.5. The Morgan fingerprint density at radius 1 is 0.939 bits per heavy atom. The second-order valence-electron chi connectivity index (χ2n) is 9.18. The lowest BCUT2D eigenvalue weighted by Gasteiger charge is -2.43. The Morgan fingerprint density at radius 3 is 2.12 bits per heavy atom. The smallest absolute Gasteiger partial charge is 0.261 e. The summed E-state index contributed by atoms with van der Waals surface area (Å²) in [5.41, 5.74) is 7.34. The molecule has 0 saturated heterocycles. The average molecular weight is 525 g/mol. The Labute approximate surface area is 204 Å². The molecular formula is C25H30BrN5OSi. The number of imidazole rings is 1. The Morgan fingerprint density at radius 2 is 1.55 bits per heavy atom. The topological polar surface area (TPSA) is 78.9 Å². The van der Waals surface area contributed by atoms with E-state index in [4.69, 9.17) is 10.2 Å². The molecule has 0 radical (unpaired) electrons. The van der Waals surface area contributed by atoms with E-state index < -0.39 is 8.32 Å². The molecular weight excluding hydrogens is 494 g/mol. The van der Waals surface area contributed by atoms with E-state index in [2.05, 4.69) is 112 Å². The van der Waals surface area contributed by atoms with Gasteiger partial charge in [-0.15, -0.1) is 0 Å². The second-order valence-corrected chi connectivity index (χ2v) is 14.2. The van der Waals surface area contributed by atoms with Gasteiger partial charge in [-0.1, -0.05) is 81.4 Å². The first kappa shape index (κ1) is 23.6. The summed E-state index contributed by atoms with van der Waals surface area (Å²) in [4.78, 5) is 12.9. The number of nitrogens with two attached hydrogens (primary N) is 1. The number of halogens is 1. The number of benzene rings is 2. The number of fused-ring (bicyclic) bond motifs is 1. The zero-order valence-corrected chi connectivity index (χ0v) is 21.9. The third kappa shape index (κ3) is 4.60. The van der Waals surface area contributed by atoms with E-state index >= 15 is 0 Å². The van der Waals surface area contributed by atoms with E-state index in [1.165, 1.54) is 16.7 Å². The number of hydrogen-bond donors (Lipinski definition) is 1. The van der Waals surface area contributed by atoms with Crippen molar-refractivity contribution in [2.24, 2.45) is 0 Å². The van der Waals surface area contributed by atoms with Crippen LogP contribution in [0.15, 0.2) is 71.7 Å². The maximum Gasteiger partial charge on any atom is 0.261 e. The van der Waals surface area contributed by atoms with E-state index in [9.17, 15) is 0 Å². The molecule has 0 aliphatic heterocycles. The van der Waals surface area contributed by atoms with E-state index in [0.717, 1.165) is 29.8 Å². The minimum absolute atomic E-state index is 0.0201. The summed E-state index contributed by atoms with van der Waals surface area (Å²) in [6.07, 6.45) is 3.34. The van der Waals surface area contributed by atoms with Crippen molar-refractivity contribution in [1.82, 2.24) is 19.5 Å². The van der Waals surface area contributed by atoms with Gasteiger partial charge in [0.15, 0.2) is 21.7 Å². The fourth-order valence-electron chi connectivity index (χ4n) is 4.48. The fraction of sp³-hybridized carbons (Fsp3) is 0.320. The summed E-state index contributed by atoms with van der Waals surface area (Å²) in [7, 11) is -2.49. The van der Waals surface area contributed by atoms with Gasteiger partial charge < -0.3 is 14.7 Å². The molecule has 2 N–H and O–H groups in total. The van der Waals surface area contributed by atoms with E-state index in [0.29, 0.717) is 17.9 Å². The zero-order valence-electron chi connectivity index (χ0n) is 19.3. The second kappa shape index (κ2) is 9.75. The van der Waals surface area contributed by atoms with Crippen LogP contribution in [0.2, 0.25) is 5.04 Å². The van der Waals surface area contributed by atoms with Gasteiger partial charge in [0, 0.05) is 13.2 Å². The monoisotopic (exact) mass is 523 g/mol. The molecule has 0 atom stereocenters. The number of nitrogen functional groups attached to an aromatic ring is 1. The van der Waals surface area contributed by atoms with Crippen molar-refractivity contribution in [3.63, 3.8) is 0 Å². The molecule has 2 aromatic carbocycles. The van der Waals surface area contributed by atoms with Crippen molar-refractivity contribution in [1.29, 1.82) is 0 Å². The van der Waals surface area contributed by atoms with Gasteiger partial charge in [-0.05, 0) is 44.2 Å². The third-order valence-corrected chi connectivity index (χ3v) is 11.7. The maximum atomic E-state index is 6.98. The first-order valence-electron chi connectivity index (χ1n) is 11.2. The van der Waals surface area contributed by atoms with Crippen molar-refractivity contribution in [3.8, 4) is 0 Å². The van der Waals surface area contributed by atoms with Gasteiger partial charge in [0.05, 0.1) is 0 Å². The Balaban J connectivity index is 1.53. The highest BCUT2D eigenvalue weighted by atomic mass is 79.9. The third-order valence-electron chi connectivity index (χ3n) is 6.03. The van der Waals surface area contributed by atoms with Crippen LogP contribution in [0.5, 0.6) is 0 Å². The molecule has 0 saturated carbocycles. The lowest BCUT2D eigenvalue weighted by molar-refractivity contribution is 0.285. The van der Waals surface area contributed by atoms with Crippen LogP contribution in [0.25, 0.3) is 11.2 Å². The SMILES string of the molecule is CC(C)(C)[Si](OCCCCn1c(Br)nc2c(N)ncnc21)(c1ccccc1)c1ccccc1. The summed E-state index contributed by atoms with van der Waals surface area (Å²) >= 11 is 3.54. The number of anilines is 1. The van der Waals surface area contributed by atoms with Crippen LogP contribution in [-0.2, 0) is 11.0 Å². The van der Waals surface area contributed by atoms with Crippen LogP contribution in [-0.4, -0.2) is 34.4 Å². The molecule has 0 amide bonds. The summed E-state index contributed by atoms with van der Waals surface area (Å²) in [5, 5.41) is 2.59. The number of aryl methyl sites for hydroxylation is 1. The van der Waals surface area contributed by atoms with Gasteiger partial charge >= 0.3 is 0 Å². The quantitative estimate of drug-likeness (QED) is 0.208. The first-order valence-corrected chi connectivity index (χ1v) is 13.9. The average Bonchev–Trinajstić information content (AvgIpc) is 3.13. The highest BCUT2D eigenvalue weighted by Gasteiger charge is 2.49. The summed E-state index contributed by atoms with van der Waals surface area (Å²) in [6.45, 7) is 8.38. The Hall–Kier alpha value is -2.55. The predicted octanol–water partition coefficient (Wildman–Crippen LogP) is 4.53. The van der Waals surface area contributed by atoms with Gasteiger partial charge in [-0.25, -0.2) is 15.0 Å². The van der Waals surface area contributed by atoms with Gasteiger partial charge in [0.2, 0.25) is 0 Å². The zero-order chi connectivity index (χ0) is 23.5. The molecule has 0 bridgehead atoms. The molecule has 2 heterocycles. The Bertz CT molecular complexity index is 1170. The molecule has 0 spiro atoms. The molecule has 33 heavy (non-hydrogen) atoms. The van der Waals surface area contributed by atoms with Crippen molar-refractivity contribution in [2.75, 3.05) is 12.3 Å². The Kier molecular flexibility index (Phi) is 6.97. The van der Waals surface area contributed by atoms with Crippen LogP contribution < -0.4 is 16.1 Å². The van der Waals surface area contributed by atoms with Gasteiger partial charge in [-0.3, -0.25) is 0 Å². The number of rotatable bonds is 8. The largest absolute Gasteiger partial charge is 0.407 e. The highest BCUT2D eigenvalue weighted by Crippen LogP contribution is 2.36. The molecule has 4 aromatic rings. The first-order chi connectivity index (χ1) is 15.8. The van der Waals surface area contributed by atoms with Crippen LogP contribution in [0.1, 0.15) is 33.6 Å². The molecule has 0 aliphatic rings. The van der Waals surface area contributed by atoms with E-state index in [1.54, 1.807) is 0 Å². The fourth-order valence-corrected chi connectivity index (χ4v) is 9.61. The molecule has 4 rings (SSSR count). The molecule has 2 aromatic heterocycles. The number of unbranched alkanes of at least 4 members (excludes halogenated alkanes) is 1. The molecule has 0 fully saturated rings. The van der Waals surface area contributed by atoms with Crippen molar-refractivity contribution in [2.45, 2.75) is 45.2 Å². The van der Waals surface area contributed by atoms with Crippen molar-refractivity contribution in [3.05, 3.63) is 71.7 Å². The van der Waals surface area contributed by atoms with Crippen LogP contribution >= 0.6 is 15.9 Å². The normalized spacial score (nSPS) is 12.4. The standard InChI is InChI=1S/C25H30BrN5OSi/c1-25(2,3)33(19-12-6-4-7-13-19,20-14-8-5-9-15-20)32-17-11-10-16-31-23-21(30-24(31)26)22(27)28-18-29-23/h4-9,12-15,18H,10-11,16-17H2,1-3H3,(H2,27,28,29). The molecule has 0 aliphatic carbocycles. The molecule has 0 unspecified atom stereocenters. The van der Waals surface area contributed by atoms with E-state index in [-0.39, 0.29) is 5.04 Å². The lowest BCUT2D eigenvalue weighted by atomic mass is 10.2. The van der Waals surface area contributed by atoms with Gasteiger partial charge in [0.25, 0.3) is 8.32 Å². The van der Waals surface area contributed by atoms with Gasteiger partial charge in [-0.2, -0.15) is 0 Å². The molecule has 172 valence electrons. The minimum atomic E-state index is -2.49. The molecule has 8 heteroatoms. The summed E-state index contributed by atoms with van der Waals surface area (Å²) in [5.74, 6) is 0.398. The van der Waals surface area contributed by atoms with Crippen molar-refractivity contribution < 1.29 is 4.43 Å². The number of nitrogens with zero attached hydrogens (tertiary/aromatic N) is 4. The number of aromatic nitrogens is 4. The highest BCUT2D eigenvalue weighted by molar-refractivity contribution is 9.10. The lowest BCUT2D eigenvalue weighted by Crippen LogP contribution is -2.66. The van der Waals surface area contributed by atoms with Crippen LogP contribution in [0.3, 0.4) is 0 Å². The maximum absolute atomic E-state index is 6.98. The van der Waals surface area contributed by atoms with Crippen LogP contribution in [0, 0.1) is 0 Å². The van der Waals surface area contributed by atoms with Crippen molar-refractivity contribution >= 4 is 51.6 Å². The summed E-state index contributed by atoms with van der Waals surface area (Å²) < 4.78 is 9.74. The minimum Gasteiger partial charge on any atom is -0.407 e. The van der Waals surface area contributed by atoms with Gasteiger partial charge in [0.1, 0.15) is 6.33 Å².